The molecule has 26 heavy (non-hydrogen) atoms. The number of rotatable bonds is 3. The Kier molecular flexibility index (Phi) is 4.02. The number of nitrogens with one attached hydrogen (secondary N) is 1. The molecular weight excluding hydrogens is 330 g/mol. The third-order valence-electron chi connectivity index (χ3n) is 4.79. The van der Waals surface area contributed by atoms with Gasteiger partial charge in [-0.3, -0.25) is 4.79 Å². The predicted molar refractivity (Wildman–Crippen MR) is 95.4 cm³/mol. The van der Waals surface area contributed by atoms with Crippen molar-refractivity contribution in [2.24, 2.45) is 0 Å². The molecule has 0 radical (unpaired) electrons. The lowest BCUT2D eigenvalue weighted by molar-refractivity contribution is 0.0630. The Hall–Kier alpha value is -3.03. The molecule has 3 aromatic rings. The zero-order valence-corrected chi connectivity index (χ0v) is 15.0. The largest absolute Gasteiger partial charge is 0.325 e. The number of carbonyl (C=O) groups is 1. The minimum absolute atomic E-state index is 0.148. The number of hydrogen-bond acceptors (Lipinski definition) is 5. The molecule has 8 heteroatoms. The summed E-state index contributed by atoms with van der Waals surface area (Å²) in [6.45, 7) is 7.45. The summed E-state index contributed by atoms with van der Waals surface area (Å²) in [4.78, 5) is 15.0. The van der Waals surface area contributed by atoms with Gasteiger partial charge in [-0.05, 0) is 6.92 Å². The molecule has 0 fully saturated rings. The molecule has 0 bridgehead atoms. The maximum atomic E-state index is 13.2. The normalized spacial score (nSPS) is 16.8. The van der Waals surface area contributed by atoms with Gasteiger partial charge in [0.05, 0.1) is 6.04 Å². The van der Waals surface area contributed by atoms with Crippen LogP contribution in [0.25, 0.3) is 11.3 Å². The van der Waals surface area contributed by atoms with E-state index in [2.05, 4.69) is 44.0 Å². The van der Waals surface area contributed by atoms with Crippen LogP contribution in [0, 0.1) is 0 Å². The van der Waals surface area contributed by atoms with E-state index in [1.807, 2.05) is 37.3 Å². The smallest absolute Gasteiger partial charge is 0.277 e. The van der Waals surface area contributed by atoms with E-state index in [0.717, 1.165) is 17.2 Å². The molecule has 3 heterocycles. The van der Waals surface area contributed by atoms with E-state index < -0.39 is 0 Å². The number of aromatic amines is 1. The van der Waals surface area contributed by atoms with Gasteiger partial charge in [-0.15, -0.1) is 10.2 Å². The molecule has 0 aliphatic carbocycles. The summed E-state index contributed by atoms with van der Waals surface area (Å²) in [5.74, 6) is 1.93. The lowest BCUT2D eigenvalue weighted by Gasteiger charge is -2.33. The van der Waals surface area contributed by atoms with Crippen LogP contribution in [-0.2, 0) is 6.54 Å². The summed E-state index contributed by atoms with van der Waals surface area (Å²) >= 11 is 0. The van der Waals surface area contributed by atoms with Gasteiger partial charge in [0.1, 0.15) is 11.5 Å². The van der Waals surface area contributed by atoms with E-state index >= 15 is 0 Å². The van der Waals surface area contributed by atoms with Gasteiger partial charge in [0.15, 0.2) is 11.5 Å². The number of nitrogens with zero attached hydrogens (tertiary/aromatic N) is 6. The van der Waals surface area contributed by atoms with Crippen molar-refractivity contribution in [3.05, 3.63) is 47.7 Å². The van der Waals surface area contributed by atoms with Gasteiger partial charge >= 0.3 is 0 Å². The number of aromatic nitrogens is 6. The Labute approximate surface area is 151 Å². The molecule has 8 nitrogen and oxygen atoms in total. The molecule has 134 valence electrons. The first-order valence-corrected chi connectivity index (χ1v) is 8.78. The van der Waals surface area contributed by atoms with Crippen molar-refractivity contribution in [3.63, 3.8) is 0 Å². The van der Waals surface area contributed by atoms with Crippen molar-refractivity contribution < 1.29 is 4.79 Å². The van der Waals surface area contributed by atoms with Crippen LogP contribution in [0.3, 0.4) is 0 Å². The third-order valence-corrected chi connectivity index (χ3v) is 4.79. The summed E-state index contributed by atoms with van der Waals surface area (Å²) in [6.07, 6.45) is 0. The van der Waals surface area contributed by atoms with Gasteiger partial charge in [-0.2, -0.15) is 15.4 Å². The highest BCUT2D eigenvalue weighted by Crippen LogP contribution is 2.29. The van der Waals surface area contributed by atoms with Gasteiger partial charge in [-0.25, -0.2) is 0 Å². The highest BCUT2D eigenvalue weighted by Gasteiger charge is 2.34. The number of benzene rings is 1. The molecule has 0 saturated heterocycles. The molecule has 4 rings (SSSR count). The van der Waals surface area contributed by atoms with Crippen molar-refractivity contribution in [1.29, 1.82) is 0 Å². The monoisotopic (exact) mass is 351 g/mol. The quantitative estimate of drug-likeness (QED) is 0.782. The molecular formula is C18H21N7O. The fourth-order valence-corrected chi connectivity index (χ4v) is 3.42. The maximum Gasteiger partial charge on any atom is 0.277 e. The van der Waals surface area contributed by atoms with Crippen LogP contribution in [0.1, 0.15) is 54.9 Å². The Balaban J connectivity index is 1.65. The van der Waals surface area contributed by atoms with Crippen LogP contribution in [0.15, 0.2) is 30.3 Å². The second-order valence-electron chi connectivity index (χ2n) is 6.78. The molecule has 1 aliphatic rings. The van der Waals surface area contributed by atoms with E-state index in [0.29, 0.717) is 30.4 Å². The molecule has 1 amide bonds. The fraction of sp³-hybridized carbons (Fsp3) is 0.389. The molecule has 0 saturated carbocycles. The Morgan fingerprint density at radius 2 is 1.92 bits per heavy atom. The average molecular weight is 351 g/mol. The number of amides is 1. The van der Waals surface area contributed by atoms with E-state index in [-0.39, 0.29) is 11.9 Å². The van der Waals surface area contributed by atoms with Gasteiger partial charge in [-0.1, -0.05) is 44.2 Å². The zero-order valence-electron chi connectivity index (χ0n) is 15.0. The van der Waals surface area contributed by atoms with E-state index in [1.165, 1.54) is 0 Å². The van der Waals surface area contributed by atoms with Gasteiger partial charge < -0.3 is 9.47 Å². The van der Waals surface area contributed by atoms with Crippen LogP contribution < -0.4 is 0 Å². The van der Waals surface area contributed by atoms with Gasteiger partial charge in [0, 0.05) is 24.6 Å². The van der Waals surface area contributed by atoms with E-state index in [4.69, 9.17) is 0 Å². The van der Waals surface area contributed by atoms with Crippen LogP contribution in [0.5, 0.6) is 0 Å². The topological polar surface area (TPSA) is 92.6 Å². The standard InChI is InChI=1S/C18H21N7O/c1-11(2)16-21-22-17-12(3)24(9-10-25(16)17)18(26)15-14(19-23-20-15)13-7-5-4-6-8-13/h4-8,11-12H,9-10H2,1-3H3,(H,19,20,23). The lowest BCUT2D eigenvalue weighted by atomic mass is 10.1. The number of carbonyl (C=O) groups excluding carboxylic acids is 1. The van der Waals surface area contributed by atoms with Crippen LogP contribution in [0.2, 0.25) is 0 Å². The van der Waals surface area contributed by atoms with Crippen molar-refractivity contribution in [2.75, 3.05) is 6.54 Å². The Morgan fingerprint density at radius 3 is 2.65 bits per heavy atom. The molecule has 2 aromatic heterocycles. The van der Waals surface area contributed by atoms with E-state index in [9.17, 15) is 4.79 Å². The number of H-pyrrole nitrogens is 1. The lowest BCUT2D eigenvalue weighted by Crippen LogP contribution is -2.42. The second kappa shape index (κ2) is 6.36. The molecule has 1 atom stereocenters. The highest BCUT2D eigenvalue weighted by molar-refractivity contribution is 5.98. The summed E-state index contributed by atoms with van der Waals surface area (Å²) in [6, 6.07) is 9.42. The van der Waals surface area contributed by atoms with Crippen LogP contribution >= 0.6 is 0 Å². The van der Waals surface area contributed by atoms with E-state index in [1.54, 1.807) is 4.90 Å². The first kappa shape index (κ1) is 16.4. The SMILES string of the molecule is CC(C)c1nnc2n1CCN(C(=O)c1n[nH]nc1-c1ccccc1)C2C. The average Bonchev–Trinajstić information content (AvgIpc) is 3.30. The molecule has 0 spiro atoms. The van der Waals surface area contributed by atoms with Crippen molar-refractivity contribution in [3.8, 4) is 11.3 Å². The van der Waals surface area contributed by atoms with Crippen molar-refractivity contribution in [2.45, 2.75) is 39.3 Å². The van der Waals surface area contributed by atoms with Crippen molar-refractivity contribution >= 4 is 5.91 Å². The Bertz CT molecular complexity index is 928. The summed E-state index contributed by atoms with van der Waals surface area (Å²) in [7, 11) is 0. The number of fused-ring (bicyclic) bond motifs is 1. The molecule has 1 aliphatic heterocycles. The summed E-state index contributed by atoms with van der Waals surface area (Å²) in [5, 5.41) is 19.5. The van der Waals surface area contributed by atoms with Crippen LogP contribution in [0.4, 0.5) is 0 Å². The van der Waals surface area contributed by atoms with Crippen LogP contribution in [-0.4, -0.2) is 47.5 Å². The molecule has 1 N–H and O–H groups in total. The minimum atomic E-state index is -0.170. The molecule has 1 unspecified atom stereocenters. The van der Waals surface area contributed by atoms with Gasteiger partial charge in [0.25, 0.3) is 5.91 Å². The summed E-state index contributed by atoms with van der Waals surface area (Å²) in [5.41, 5.74) is 1.76. The molecule has 1 aromatic carbocycles. The predicted octanol–water partition coefficient (Wildman–Crippen LogP) is 2.40. The first-order chi connectivity index (χ1) is 12.6. The Morgan fingerprint density at radius 1 is 1.15 bits per heavy atom. The van der Waals surface area contributed by atoms with Gasteiger partial charge in [0.2, 0.25) is 0 Å². The fourth-order valence-electron chi connectivity index (χ4n) is 3.42. The minimum Gasteiger partial charge on any atom is -0.325 e. The second-order valence-corrected chi connectivity index (χ2v) is 6.78. The first-order valence-electron chi connectivity index (χ1n) is 8.78. The highest BCUT2D eigenvalue weighted by atomic mass is 16.2. The summed E-state index contributed by atoms with van der Waals surface area (Å²) < 4.78 is 2.13. The maximum absolute atomic E-state index is 13.2. The number of hydrogen-bond donors (Lipinski definition) is 1. The third kappa shape index (κ3) is 2.58. The zero-order chi connectivity index (χ0) is 18.3. The van der Waals surface area contributed by atoms with Crippen molar-refractivity contribution in [1.82, 2.24) is 35.1 Å².